The van der Waals surface area contributed by atoms with Crippen molar-refractivity contribution in [2.24, 2.45) is 0 Å². The summed E-state index contributed by atoms with van der Waals surface area (Å²) in [6.07, 6.45) is -20.1. The van der Waals surface area contributed by atoms with Gasteiger partial charge in [-0.25, -0.2) is 13.2 Å². The zero-order valence-electron chi connectivity index (χ0n) is 10.0. The van der Waals surface area contributed by atoms with E-state index >= 15 is 0 Å². The molecule has 0 aliphatic heterocycles. The van der Waals surface area contributed by atoms with E-state index in [1.165, 1.54) is 0 Å². The Bertz CT molecular complexity index is 398. The minimum atomic E-state index is -7.06. The molecule has 0 N–H and O–H groups in total. The van der Waals surface area contributed by atoms with Crippen LogP contribution in [0.5, 0.6) is 0 Å². The van der Waals surface area contributed by atoms with Gasteiger partial charge in [-0.2, -0.15) is 39.5 Å². The smallest absolute Gasteiger partial charge is 0.218 e. The fourth-order valence-electron chi connectivity index (χ4n) is 1.48. The van der Waals surface area contributed by atoms with Crippen molar-refractivity contribution < 1.29 is 52.7 Å². The molecule has 21 heavy (non-hydrogen) atoms. The standard InChI is InChI=1S/C9H6F12/c1-3(7(13,14)15)4(5(2,10)11)6(12,8(16,17)18)9(19,20)21/h1-2H3/b4-3+. The normalized spacial score (nSPS) is 16.9. The minimum absolute atomic E-state index is 0.488. The highest BCUT2D eigenvalue weighted by Gasteiger charge is 2.78. The topological polar surface area (TPSA) is 0 Å². The highest BCUT2D eigenvalue weighted by Crippen LogP contribution is 2.56. The first kappa shape index (κ1) is 19.9. The Morgan fingerprint density at radius 3 is 1.05 bits per heavy atom. The first-order valence-electron chi connectivity index (χ1n) is 4.77. The van der Waals surface area contributed by atoms with Crippen molar-refractivity contribution in [2.45, 2.75) is 44.0 Å². The Kier molecular flexibility index (Phi) is 4.71. The van der Waals surface area contributed by atoms with Gasteiger partial charge in [0.15, 0.2) is 0 Å². The summed E-state index contributed by atoms with van der Waals surface area (Å²) in [5.41, 5.74) is -13.6. The molecule has 0 nitrogen and oxygen atoms in total. The number of hydrogen-bond acceptors (Lipinski definition) is 0. The van der Waals surface area contributed by atoms with E-state index in [-0.39, 0.29) is 0 Å². The summed E-state index contributed by atoms with van der Waals surface area (Å²) in [5, 5.41) is 0. The van der Waals surface area contributed by atoms with Gasteiger partial charge >= 0.3 is 24.2 Å². The summed E-state index contributed by atoms with van der Waals surface area (Å²) in [6.45, 7) is -1.18. The molecule has 0 aromatic carbocycles. The maximum atomic E-state index is 13.5. The predicted molar refractivity (Wildman–Crippen MR) is 45.3 cm³/mol. The first-order chi connectivity index (χ1) is 8.78. The summed E-state index contributed by atoms with van der Waals surface area (Å²) in [5.74, 6) is -5.36. The quantitative estimate of drug-likeness (QED) is 0.469. The van der Waals surface area contributed by atoms with Crippen LogP contribution in [0.25, 0.3) is 0 Å². The van der Waals surface area contributed by atoms with Crippen LogP contribution >= 0.6 is 0 Å². The maximum Gasteiger partial charge on any atom is 0.435 e. The second-order valence-corrected chi connectivity index (χ2v) is 4.04. The largest absolute Gasteiger partial charge is 0.435 e. The van der Waals surface area contributed by atoms with Crippen molar-refractivity contribution in [3.63, 3.8) is 0 Å². The van der Waals surface area contributed by atoms with Gasteiger partial charge in [-0.1, -0.05) is 0 Å². The lowest BCUT2D eigenvalue weighted by Gasteiger charge is -2.36. The number of allylic oxidation sites excluding steroid dienone is 2. The number of rotatable bonds is 2. The molecular weight excluding hydrogens is 336 g/mol. The molecule has 0 aliphatic rings. The molecule has 0 spiro atoms. The zero-order valence-corrected chi connectivity index (χ0v) is 10.0. The molecule has 0 fully saturated rings. The Morgan fingerprint density at radius 2 is 0.905 bits per heavy atom. The number of alkyl halides is 12. The molecule has 126 valence electrons. The summed E-state index contributed by atoms with van der Waals surface area (Å²) in [4.78, 5) is 0. The molecular formula is C9H6F12. The molecule has 0 atom stereocenters. The van der Waals surface area contributed by atoms with E-state index in [0.717, 1.165) is 0 Å². The third kappa shape index (κ3) is 3.57. The summed E-state index contributed by atoms with van der Waals surface area (Å²) in [6, 6.07) is 0. The van der Waals surface area contributed by atoms with Gasteiger partial charge in [0.05, 0.1) is 5.57 Å². The predicted octanol–water partition coefficient (Wildman–Crippen LogP) is 5.35. The molecule has 0 aliphatic carbocycles. The average molecular weight is 342 g/mol. The Balaban J connectivity index is 6.83. The maximum absolute atomic E-state index is 13.5. The Labute approximate surface area is 109 Å². The lowest BCUT2D eigenvalue weighted by molar-refractivity contribution is -0.333. The van der Waals surface area contributed by atoms with Gasteiger partial charge < -0.3 is 0 Å². The van der Waals surface area contributed by atoms with Crippen LogP contribution in [-0.2, 0) is 0 Å². The number of hydrogen-bond donors (Lipinski definition) is 0. The minimum Gasteiger partial charge on any atom is -0.218 e. The van der Waals surface area contributed by atoms with Gasteiger partial charge in [0.25, 0.3) is 5.92 Å². The fraction of sp³-hybridized carbons (Fsp3) is 0.778. The van der Waals surface area contributed by atoms with E-state index in [0.29, 0.717) is 0 Å². The van der Waals surface area contributed by atoms with Crippen LogP contribution in [0.3, 0.4) is 0 Å². The number of halogens is 12. The third-order valence-electron chi connectivity index (χ3n) is 2.36. The SMILES string of the molecule is C/C(=C(/C(C)(F)F)C(F)(C(F)(F)F)C(F)(F)F)C(F)(F)F. The molecule has 0 rings (SSSR count). The first-order valence-corrected chi connectivity index (χ1v) is 4.77. The van der Waals surface area contributed by atoms with Gasteiger partial charge in [0.2, 0.25) is 0 Å². The van der Waals surface area contributed by atoms with Gasteiger partial charge in [0.1, 0.15) is 0 Å². The van der Waals surface area contributed by atoms with E-state index in [1.807, 2.05) is 0 Å². The molecule has 0 saturated heterocycles. The van der Waals surface area contributed by atoms with Gasteiger partial charge in [0, 0.05) is 12.5 Å². The van der Waals surface area contributed by atoms with Crippen LogP contribution in [0.1, 0.15) is 13.8 Å². The van der Waals surface area contributed by atoms with Crippen molar-refractivity contribution in [3.05, 3.63) is 11.1 Å². The second-order valence-electron chi connectivity index (χ2n) is 4.04. The van der Waals surface area contributed by atoms with Crippen LogP contribution in [-0.4, -0.2) is 30.1 Å². The molecule has 0 heterocycles. The van der Waals surface area contributed by atoms with Gasteiger partial charge in [-0.15, -0.1) is 0 Å². The van der Waals surface area contributed by atoms with Crippen molar-refractivity contribution >= 4 is 0 Å². The van der Waals surface area contributed by atoms with E-state index in [1.54, 1.807) is 0 Å². The lowest BCUT2D eigenvalue weighted by Crippen LogP contribution is -2.58. The summed E-state index contributed by atoms with van der Waals surface area (Å²) < 4.78 is 150. The van der Waals surface area contributed by atoms with Gasteiger partial charge in [-0.3, -0.25) is 0 Å². The van der Waals surface area contributed by atoms with Crippen molar-refractivity contribution in [2.75, 3.05) is 0 Å². The van der Waals surface area contributed by atoms with Crippen molar-refractivity contribution in [3.8, 4) is 0 Å². The van der Waals surface area contributed by atoms with E-state index in [2.05, 4.69) is 0 Å². The molecule has 0 bridgehead atoms. The molecule has 0 radical (unpaired) electrons. The van der Waals surface area contributed by atoms with Crippen molar-refractivity contribution in [1.29, 1.82) is 0 Å². The molecule has 0 unspecified atom stereocenters. The highest BCUT2D eigenvalue weighted by molar-refractivity contribution is 5.35. The van der Waals surface area contributed by atoms with E-state index < -0.39 is 55.1 Å². The molecule has 0 saturated carbocycles. The monoisotopic (exact) mass is 342 g/mol. The summed E-state index contributed by atoms with van der Waals surface area (Å²) in [7, 11) is 0. The van der Waals surface area contributed by atoms with E-state index in [9.17, 15) is 52.7 Å². The molecule has 0 aromatic heterocycles. The Morgan fingerprint density at radius 1 is 0.619 bits per heavy atom. The molecule has 0 aromatic rings. The van der Waals surface area contributed by atoms with Crippen molar-refractivity contribution in [1.82, 2.24) is 0 Å². The van der Waals surface area contributed by atoms with Gasteiger partial charge in [-0.05, 0) is 6.92 Å². The van der Waals surface area contributed by atoms with Crippen LogP contribution in [0.2, 0.25) is 0 Å². The van der Waals surface area contributed by atoms with Crippen LogP contribution in [0.15, 0.2) is 11.1 Å². The summed E-state index contributed by atoms with van der Waals surface area (Å²) >= 11 is 0. The average Bonchev–Trinajstić information content (AvgIpc) is 2.09. The van der Waals surface area contributed by atoms with Crippen LogP contribution in [0, 0.1) is 0 Å². The van der Waals surface area contributed by atoms with E-state index in [4.69, 9.17) is 0 Å². The molecule has 12 heteroatoms. The Hall–Kier alpha value is -1.10. The lowest BCUT2D eigenvalue weighted by atomic mass is 9.85. The van der Waals surface area contributed by atoms with Crippen LogP contribution < -0.4 is 0 Å². The molecule has 0 amide bonds. The second kappa shape index (κ2) is 4.97. The van der Waals surface area contributed by atoms with Crippen LogP contribution in [0.4, 0.5) is 52.7 Å². The highest BCUT2D eigenvalue weighted by atomic mass is 19.4. The fourth-order valence-corrected chi connectivity index (χ4v) is 1.48. The zero-order chi connectivity index (χ0) is 17.7. The third-order valence-corrected chi connectivity index (χ3v) is 2.36.